The zero-order chi connectivity index (χ0) is 13.7. The molecule has 1 saturated heterocycles. The van der Waals surface area contributed by atoms with Crippen LogP contribution in [-0.2, 0) is 4.74 Å². The maximum absolute atomic E-state index is 5.77. The van der Waals surface area contributed by atoms with Crippen LogP contribution in [0.25, 0.3) is 0 Å². The van der Waals surface area contributed by atoms with Crippen molar-refractivity contribution in [2.45, 2.75) is 38.8 Å². The molecule has 19 heavy (non-hydrogen) atoms. The van der Waals surface area contributed by atoms with Crippen molar-refractivity contribution in [2.24, 2.45) is 5.92 Å². The Hall–Kier alpha value is -1.06. The average Bonchev–Trinajstić information content (AvgIpc) is 2.88. The molecule has 1 aliphatic rings. The molecule has 2 rings (SSSR count). The van der Waals surface area contributed by atoms with Crippen molar-refractivity contribution in [3.8, 4) is 5.75 Å². The van der Waals surface area contributed by atoms with Gasteiger partial charge in [-0.1, -0.05) is 12.1 Å². The molecule has 0 spiro atoms. The summed E-state index contributed by atoms with van der Waals surface area (Å²) in [7, 11) is 2.02. The predicted octanol–water partition coefficient (Wildman–Crippen LogP) is 3.16. The first-order chi connectivity index (χ1) is 9.19. The molecule has 1 aliphatic heterocycles. The fraction of sp³-hybridized carbons (Fsp3) is 0.625. The molecule has 2 unspecified atom stereocenters. The summed E-state index contributed by atoms with van der Waals surface area (Å²) >= 11 is 0. The van der Waals surface area contributed by atoms with Gasteiger partial charge in [-0.25, -0.2) is 0 Å². The summed E-state index contributed by atoms with van der Waals surface area (Å²) in [6.45, 7) is 5.92. The van der Waals surface area contributed by atoms with Crippen LogP contribution in [0, 0.1) is 5.92 Å². The number of hydrogen-bond donors (Lipinski definition) is 1. The molecule has 0 bridgehead atoms. The largest absolute Gasteiger partial charge is 0.491 e. The van der Waals surface area contributed by atoms with Crippen molar-refractivity contribution >= 4 is 0 Å². The number of rotatable bonds is 6. The van der Waals surface area contributed by atoms with Crippen molar-refractivity contribution in [1.82, 2.24) is 5.32 Å². The maximum Gasteiger partial charge on any atom is 0.120 e. The number of nitrogens with one attached hydrogen (secondary N) is 1. The van der Waals surface area contributed by atoms with E-state index in [1.54, 1.807) is 0 Å². The second-order valence-corrected chi connectivity index (χ2v) is 5.55. The molecule has 2 atom stereocenters. The summed E-state index contributed by atoms with van der Waals surface area (Å²) in [6, 6.07) is 8.79. The lowest BCUT2D eigenvalue weighted by Crippen LogP contribution is -2.20. The minimum absolute atomic E-state index is 0.214. The number of hydrogen-bond acceptors (Lipinski definition) is 3. The molecule has 0 aliphatic carbocycles. The molecule has 1 heterocycles. The molecule has 0 amide bonds. The minimum atomic E-state index is 0.214. The molecule has 1 fully saturated rings. The maximum atomic E-state index is 5.77. The highest BCUT2D eigenvalue weighted by atomic mass is 16.5. The summed E-state index contributed by atoms with van der Waals surface area (Å²) in [5, 5.41) is 3.41. The van der Waals surface area contributed by atoms with E-state index < -0.39 is 0 Å². The van der Waals surface area contributed by atoms with Crippen LogP contribution in [-0.4, -0.2) is 26.4 Å². The lowest BCUT2D eigenvalue weighted by molar-refractivity contribution is 0.181. The average molecular weight is 263 g/mol. The Morgan fingerprint density at radius 2 is 2.26 bits per heavy atom. The lowest BCUT2D eigenvalue weighted by Gasteiger charge is -2.21. The van der Waals surface area contributed by atoms with Crippen molar-refractivity contribution in [3.05, 3.63) is 29.8 Å². The molecule has 3 heteroatoms. The Kier molecular flexibility index (Phi) is 5.23. The van der Waals surface area contributed by atoms with Gasteiger partial charge in [0.2, 0.25) is 0 Å². The Bertz CT molecular complexity index is 386. The van der Waals surface area contributed by atoms with E-state index >= 15 is 0 Å². The predicted molar refractivity (Wildman–Crippen MR) is 77.5 cm³/mol. The van der Waals surface area contributed by atoms with Gasteiger partial charge in [-0.15, -0.1) is 0 Å². The third kappa shape index (κ3) is 4.22. The molecule has 0 saturated carbocycles. The fourth-order valence-corrected chi connectivity index (χ4v) is 2.60. The smallest absolute Gasteiger partial charge is 0.120 e. The Morgan fingerprint density at radius 3 is 2.89 bits per heavy atom. The van der Waals surface area contributed by atoms with Crippen molar-refractivity contribution in [1.29, 1.82) is 0 Å². The molecular weight excluding hydrogens is 238 g/mol. The van der Waals surface area contributed by atoms with Crippen LogP contribution in [0.1, 0.15) is 38.3 Å². The third-order valence-corrected chi connectivity index (χ3v) is 3.57. The summed E-state index contributed by atoms with van der Waals surface area (Å²) in [6.07, 6.45) is 2.52. The van der Waals surface area contributed by atoms with Crippen LogP contribution in [0.3, 0.4) is 0 Å². The van der Waals surface area contributed by atoms with E-state index in [0.29, 0.717) is 12.0 Å². The third-order valence-electron chi connectivity index (χ3n) is 3.57. The van der Waals surface area contributed by atoms with Crippen molar-refractivity contribution in [2.75, 3.05) is 20.3 Å². The van der Waals surface area contributed by atoms with Gasteiger partial charge in [0.1, 0.15) is 5.75 Å². The standard InChI is InChI=1S/C16H25NO2/c1-12(2)19-15-6-4-5-14(10-15)16(17-3)9-13-7-8-18-11-13/h4-6,10,12-13,16-17H,7-9,11H2,1-3H3. The molecule has 3 nitrogen and oxygen atoms in total. The number of ether oxygens (including phenoxy) is 2. The van der Waals surface area contributed by atoms with E-state index in [2.05, 4.69) is 37.4 Å². The van der Waals surface area contributed by atoms with E-state index in [1.165, 1.54) is 12.0 Å². The van der Waals surface area contributed by atoms with E-state index in [4.69, 9.17) is 9.47 Å². The van der Waals surface area contributed by atoms with Crippen LogP contribution in [0.2, 0.25) is 0 Å². The zero-order valence-corrected chi connectivity index (χ0v) is 12.2. The molecule has 106 valence electrons. The van der Waals surface area contributed by atoms with Gasteiger partial charge in [-0.2, -0.15) is 0 Å². The Labute approximate surface area is 116 Å². The van der Waals surface area contributed by atoms with Crippen molar-refractivity contribution < 1.29 is 9.47 Å². The molecular formula is C16H25NO2. The quantitative estimate of drug-likeness (QED) is 0.855. The molecule has 0 aromatic heterocycles. The molecule has 1 N–H and O–H groups in total. The van der Waals surface area contributed by atoms with Gasteiger partial charge in [0.05, 0.1) is 6.10 Å². The highest BCUT2D eigenvalue weighted by Crippen LogP contribution is 2.28. The summed E-state index contributed by atoms with van der Waals surface area (Å²) in [5.74, 6) is 1.63. The summed E-state index contributed by atoms with van der Waals surface area (Å²) in [5.41, 5.74) is 1.30. The van der Waals surface area contributed by atoms with E-state index in [0.717, 1.165) is 25.4 Å². The molecule has 1 aromatic rings. The van der Waals surface area contributed by atoms with Crippen LogP contribution in [0.5, 0.6) is 5.75 Å². The second-order valence-electron chi connectivity index (χ2n) is 5.55. The van der Waals surface area contributed by atoms with Gasteiger partial charge in [-0.05, 0) is 57.4 Å². The minimum Gasteiger partial charge on any atom is -0.491 e. The Morgan fingerprint density at radius 1 is 1.42 bits per heavy atom. The monoisotopic (exact) mass is 263 g/mol. The molecule has 0 radical (unpaired) electrons. The van der Waals surface area contributed by atoms with Gasteiger partial charge in [-0.3, -0.25) is 0 Å². The van der Waals surface area contributed by atoms with Crippen molar-refractivity contribution in [3.63, 3.8) is 0 Å². The number of benzene rings is 1. The summed E-state index contributed by atoms with van der Waals surface area (Å²) in [4.78, 5) is 0. The zero-order valence-electron chi connectivity index (χ0n) is 12.2. The van der Waals surface area contributed by atoms with Gasteiger partial charge < -0.3 is 14.8 Å². The normalized spacial score (nSPS) is 20.7. The summed E-state index contributed by atoms with van der Waals surface area (Å²) < 4.78 is 11.2. The second kappa shape index (κ2) is 6.92. The highest BCUT2D eigenvalue weighted by Gasteiger charge is 2.21. The Balaban J connectivity index is 2.04. The van der Waals surface area contributed by atoms with E-state index in [1.807, 2.05) is 13.1 Å². The van der Waals surface area contributed by atoms with Gasteiger partial charge in [0.15, 0.2) is 0 Å². The topological polar surface area (TPSA) is 30.5 Å². The van der Waals surface area contributed by atoms with Crippen LogP contribution >= 0.6 is 0 Å². The van der Waals surface area contributed by atoms with Crippen LogP contribution in [0.15, 0.2) is 24.3 Å². The van der Waals surface area contributed by atoms with Gasteiger partial charge >= 0.3 is 0 Å². The lowest BCUT2D eigenvalue weighted by atomic mass is 9.94. The van der Waals surface area contributed by atoms with E-state index in [-0.39, 0.29) is 6.10 Å². The SMILES string of the molecule is CNC(CC1CCOC1)c1cccc(OC(C)C)c1. The first-order valence-corrected chi connectivity index (χ1v) is 7.20. The molecule has 1 aromatic carbocycles. The fourth-order valence-electron chi connectivity index (χ4n) is 2.60. The van der Waals surface area contributed by atoms with Gasteiger partial charge in [0, 0.05) is 19.3 Å². The van der Waals surface area contributed by atoms with Gasteiger partial charge in [0.25, 0.3) is 0 Å². The van der Waals surface area contributed by atoms with Crippen LogP contribution in [0.4, 0.5) is 0 Å². The van der Waals surface area contributed by atoms with Crippen LogP contribution < -0.4 is 10.1 Å². The van der Waals surface area contributed by atoms with E-state index in [9.17, 15) is 0 Å². The first-order valence-electron chi connectivity index (χ1n) is 7.20. The first kappa shape index (κ1) is 14.4. The highest BCUT2D eigenvalue weighted by molar-refractivity contribution is 5.30.